The third kappa shape index (κ3) is 3.14. The minimum absolute atomic E-state index is 0.175. The van der Waals surface area contributed by atoms with Gasteiger partial charge in [0.25, 0.3) is 0 Å². The van der Waals surface area contributed by atoms with Crippen LogP contribution in [0.5, 0.6) is 0 Å². The topological polar surface area (TPSA) is 50.2 Å². The molecule has 0 fully saturated rings. The molecule has 17 heavy (non-hydrogen) atoms. The predicted molar refractivity (Wildman–Crippen MR) is 65.6 cm³/mol. The van der Waals surface area contributed by atoms with E-state index < -0.39 is 5.97 Å². The van der Waals surface area contributed by atoms with Crippen LogP contribution in [-0.2, 0) is 11.2 Å². The molecule has 0 unspecified atom stereocenters. The van der Waals surface area contributed by atoms with Crippen molar-refractivity contribution in [3.8, 4) is 11.1 Å². The minimum Gasteiger partial charge on any atom is -0.481 e. The Hall–Kier alpha value is -2.16. The molecule has 1 N–H and O–H groups in total. The summed E-state index contributed by atoms with van der Waals surface area (Å²) in [5.41, 5.74) is 3.28. The number of rotatable bonds is 4. The quantitative estimate of drug-likeness (QED) is 0.873. The molecule has 0 aliphatic heterocycles. The summed E-state index contributed by atoms with van der Waals surface area (Å²) in [5, 5.41) is 8.60. The van der Waals surface area contributed by atoms with Crippen molar-refractivity contribution in [3.63, 3.8) is 0 Å². The number of aryl methyl sites for hydroxylation is 1. The van der Waals surface area contributed by atoms with Gasteiger partial charge in [0.15, 0.2) is 0 Å². The molecule has 2 aromatic rings. The first-order valence-corrected chi connectivity index (χ1v) is 5.47. The van der Waals surface area contributed by atoms with E-state index in [2.05, 4.69) is 4.98 Å². The van der Waals surface area contributed by atoms with Crippen LogP contribution in [0.3, 0.4) is 0 Å². The number of benzene rings is 1. The number of carboxylic acids is 1. The van der Waals surface area contributed by atoms with Gasteiger partial charge in [0, 0.05) is 18.8 Å². The molecular formula is C14H13NO2. The largest absolute Gasteiger partial charge is 0.481 e. The molecule has 1 aromatic carbocycles. The van der Waals surface area contributed by atoms with Gasteiger partial charge in [0.2, 0.25) is 0 Å². The van der Waals surface area contributed by atoms with Crippen LogP contribution in [0.15, 0.2) is 48.8 Å². The lowest BCUT2D eigenvalue weighted by Gasteiger charge is -2.03. The number of aliphatic carboxylic acids is 1. The van der Waals surface area contributed by atoms with Crippen molar-refractivity contribution in [2.75, 3.05) is 0 Å². The zero-order valence-electron chi connectivity index (χ0n) is 9.34. The highest BCUT2D eigenvalue weighted by Gasteiger charge is 2.00. The van der Waals surface area contributed by atoms with Crippen LogP contribution in [0, 0.1) is 0 Å². The van der Waals surface area contributed by atoms with Crippen LogP contribution in [-0.4, -0.2) is 16.1 Å². The molecule has 0 saturated heterocycles. The number of hydrogen-bond donors (Lipinski definition) is 1. The Morgan fingerprint density at radius 3 is 2.18 bits per heavy atom. The van der Waals surface area contributed by atoms with Crippen molar-refractivity contribution < 1.29 is 9.90 Å². The van der Waals surface area contributed by atoms with E-state index in [1.807, 2.05) is 36.4 Å². The lowest BCUT2D eigenvalue weighted by atomic mass is 10.0. The number of carboxylic acid groups (broad SMARTS) is 1. The van der Waals surface area contributed by atoms with Crippen molar-refractivity contribution in [2.24, 2.45) is 0 Å². The molecule has 0 bridgehead atoms. The van der Waals surface area contributed by atoms with Crippen molar-refractivity contribution >= 4 is 5.97 Å². The SMILES string of the molecule is O=C(O)CCc1ccc(-c2ccncc2)cc1. The van der Waals surface area contributed by atoms with Crippen LogP contribution < -0.4 is 0 Å². The smallest absolute Gasteiger partial charge is 0.303 e. The van der Waals surface area contributed by atoms with E-state index >= 15 is 0 Å². The highest BCUT2D eigenvalue weighted by atomic mass is 16.4. The van der Waals surface area contributed by atoms with E-state index in [1.54, 1.807) is 12.4 Å². The van der Waals surface area contributed by atoms with Gasteiger partial charge in [-0.15, -0.1) is 0 Å². The maximum Gasteiger partial charge on any atom is 0.303 e. The molecule has 1 heterocycles. The molecule has 0 amide bonds. The van der Waals surface area contributed by atoms with E-state index in [4.69, 9.17) is 5.11 Å². The molecule has 0 saturated carbocycles. The fourth-order valence-electron chi connectivity index (χ4n) is 1.66. The summed E-state index contributed by atoms with van der Waals surface area (Å²) < 4.78 is 0. The van der Waals surface area contributed by atoms with Gasteiger partial charge < -0.3 is 5.11 Å². The summed E-state index contributed by atoms with van der Waals surface area (Å²) >= 11 is 0. The van der Waals surface area contributed by atoms with Crippen LogP contribution in [0.2, 0.25) is 0 Å². The highest BCUT2D eigenvalue weighted by Crippen LogP contribution is 2.19. The first kappa shape index (κ1) is 11.3. The molecular weight excluding hydrogens is 214 g/mol. The second-order valence-corrected chi connectivity index (χ2v) is 3.83. The molecule has 0 atom stereocenters. The Balaban J connectivity index is 2.11. The second-order valence-electron chi connectivity index (χ2n) is 3.83. The average molecular weight is 227 g/mol. The summed E-state index contributed by atoms with van der Waals surface area (Å²) in [7, 11) is 0. The van der Waals surface area contributed by atoms with Crippen molar-refractivity contribution in [1.29, 1.82) is 0 Å². The molecule has 1 aromatic heterocycles. The Kier molecular flexibility index (Phi) is 3.50. The zero-order chi connectivity index (χ0) is 12.1. The maximum atomic E-state index is 10.5. The molecule has 0 spiro atoms. The van der Waals surface area contributed by atoms with Crippen molar-refractivity contribution in [3.05, 3.63) is 54.4 Å². The molecule has 0 aliphatic carbocycles. The van der Waals surface area contributed by atoms with Gasteiger partial charge in [-0.05, 0) is 35.2 Å². The van der Waals surface area contributed by atoms with Gasteiger partial charge in [-0.1, -0.05) is 24.3 Å². The molecule has 0 radical (unpaired) electrons. The maximum absolute atomic E-state index is 10.5. The molecule has 2 rings (SSSR count). The summed E-state index contributed by atoms with van der Waals surface area (Å²) in [5.74, 6) is -0.761. The molecule has 0 aliphatic rings. The third-order valence-electron chi connectivity index (χ3n) is 2.60. The zero-order valence-corrected chi connectivity index (χ0v) is 9.34. The van der Waals surface area contributed by atoms with Crippen LogP contribution >= 0.6 is 0 Å². The van der Waals surface area contributed by atoms with E-state index in [0.29, 0.717) is 6.42 Å². The van der Waals surface area contributed by atoms with E-state index in [-0.39, 0.29) is 6.42 Å². The van der Waals surface area contributed by atoms with E-state index in [0.717, 1.165) is 16.7 Å². The first-order chi connectivity index (χ1) is 8.25. The Morgan fingerprint density at radius 1 is 1.00 bits per heavy atom. The number of carbonyl (C=O) groups is 1. The van der Waals surface area contributed by atoms with Crippen molar-refractivity contribution in [1.82, 2.24) is 4.98 Å². The molecule has 3 nitrogen and oxygen atoms in total. The van der Waals surface area contributed by atoms with Gasteiger partial charge in [-0.25, -0.2) is 0 Å². The Morgan fingerprint density at radius 2 is 1.59 bits per heavy atom. The fourth-order valence-corrected chi connectivity index (χ4v) is 1.66. The van der Waals surface area contributed by atoms with Crippen LogP contribution in [0.4, 0.5) is 0 Å². The summed E-state index contributed by atoms with van der Waals surface area (Å²) in [4.78, 5) is 14.4. The van der Waals surface area contributed by atoms with E-state index in [9.17, 15) is 4.79 Å². The summed E-state index contributed by atoms with van der Waals surface area (Å²) in [6, 6.07) is 11.9. The standard InChI is InChI=1S/C14H13NO2/c16-14(17)6-3-11-1-4-12(5-2-11)13-7-9-15-10-8-13/h1-2,4-5,7-10H,3,6H2,(H,16,17). The van der Waals surface area contributed by atoms with Gasteiger partial charge in [0.1, 0.15) is 0 Å². The minimum atomic E-state index is -0.761. The number of pyridine rings is 1. The fraction of sp³-hybridized carbons (Fsp3) is 0.143. The average Bonchev–Trinajstić information content (AvgIpc) is 2.38. The van der Waals surface area contributed by atoms with E-state index in [1.165, 1.54) is 0 Å². The summed E-state index contributed by atoms with van der Waals surface area (Å²) in [6.45, 7) is 0. The Labute approximate surface area is 99.8 Å². The van der Waals surface area contributed by atoms with Gasteiger partial charge in [-0.3, -0.25) is 9.78 Å². The van der Waals surface area contributed by atoms with Crippen LogP contribution in [0.25, 0.3) is 11.1 Å². The van der Waals surface area contributed by atoms with Gasteiger partial charge >= 0.3 is 5.97 Å². The number of nitrogens with zero attached hydrogens (tertiary/aromatic N) is 1. The molecule has 86 valence electrons. The van der Waals surface area contributed by atoms with Gasteiger partial charge in [-0.2, -0.15) is 0 Å². The lowest BCUT2D eigenvalue weighted by Crippen LogP contribution is -1.97. The second kappa shape index (κ2) is 5.25. The van der Waals surface area contributed by atoms with Gasteiger partial charge in [0.05, 0.1) is 0 Å². The predicted octanol–water partition coefficient (Wildman–Crippen LogP) is 2.77. The van der Waals surface area contributed by atoms with Crippen LogP contribution in [0.1, 0.15) is 12.0 Å². The number of hydrogen-bond acceptors (Lipinski definition) is 2. The summed E-state index contributed by atoms with van der Waals surface area (Å²) in [6.07, 6.45) is 4.27. The normalized spacial score (nSPS) is 10.1. The number of aromatic nitrogens is 1. The third-order valence-corrected chi connectivity index (χ3v) is 2.60. The monoisotopic (exact) mass is 227 g/mol. The van der Waals surface area contributed by atoms with Crippen molar-refractivity contribution in [2.45, 2.75) is 12.8 Å². The first-order valence-electron chi connectivity index (χ1n) is 5.47. The lowest BCUT2D eigenvalue weighted by molar-refractivity contribution is -0.136. The molecule has 3 heteroatoms. The Bertz CT molecular complexity index is 491. The highest BCUT2D eigenvalue weighted by molar-refractivity contribution is 5.67.